The van der Waals surface area contributed by atoms with Crippen molar-refractivity contribution in [2.24, 2.45) is 0 Å². The Labute approximate surface area is 113 Å². The highest BCUT2D eigenvalue weighted by Gasteiger charge is 2.41. The van der Waals surface area contributed by atoms with Gasteiger partial charge >= 0.3 is 0 Å². The molecule has 0 amide bonds. The van der Waals surface area contributed by atoms with Gasteiger partial charge in [0.15, 0.2) is 0 Å². The van der Waals surface area contributed by atoms with E-state index in [9.17, 15) is 5.26 Å². The van der Waals surface area contributed by atoms with Crippen LogP contribution in [0.2, 0.25) is 0 Å². The second-order valence-corrected chi connectivity index (χ2v) is 5.18. The van der Waals surface area contributed by atoms with Gasteiger partial charge in [-0.2, -0.15) is 5.26 Å². The Morgan fingerprint density at radius 3 is 2.47 bits per heavy atom. The van der Waals surface area contributed by atoms with E-state index in [2.05, 4.69) is 47.2 Å². The first kappa shape index (κ1) is 11.9. The van der Waals surface area contributed by atoms with Crippen molar-refractivity contribution >= 4 is 0 Å². The third-order valence-corrected chi connectivity index (χ3v) is 3.85. The van der Waals surface area contributed by atoms with Crippen molar-refractivity contribution in [1.82, 2.24) is 9.97 Å². The lowest BCUT2D eigenvalue weighted by Gasteiger charge is -2.33. The molecule has 1 heterocycles. The van der Waals surface area contributed by atoms with Gasteiger partial charge in [0.2, 0.25) is 0 Å². The predicted molar refractivity (Wildman–Crippen MR) is 73.3 cm³/mol. The molecule has 0 bridgehead atoms. The van der Waals surface area contributed by atoms with Crippen LogP contribution in [0, 0.1) is 18.3 Å². The van der Waals surface area contributed by atoms with Gasteiger partial charge in [-0.15, -0.1) is 0 Å². The molecule has 0 saturated heterocycles. The molecule has 1 aromatic heterocycles. The number of hydrogen-bond acceptors (Lipinski definition) is 3. The maximum Gasteiger partial charge on any atom is 0.149 e. The summed E-state index contributed by atoms with van der Waals surface area (Å²) in [5.74, 6) is 0.680. The van der Waals surface area contributed by atoms with Crippen LogP contribution in [0.3, 0.4) is 0 Å². The first-order chi connectivity index (χ1) is 9.23. The third kappa shape index (κ3) is 2.00. The quantitative estimate of drug-likeness (QED) is 0.819. The Morgan fingerprint density at radius 2 is 1.89 bits per heavy atom. The number of nitriles is 1. The Kier molecular flexibility index (Phi) is 2.79. The molecule has 94 valence electrons. The SMILES string of the molecule is Cc1ccc(-c2ccnc(C3(C#N)CCC3)n2)cc1. The molecule has 1 aromatic carbocycles. The van der Waals surface area contributed by atoms with Gasteiger partial charge in [-0.05, 0) is 32.3 Å². The van der Waals surface area contributed by atoms with Crippen molar-refractivity contribution in [3.8, 4) is 17.3 Å². The minimum atomic E-state index is -0.444. The lowest BCUT2D eigenvalue weighted by Crippen LogP contribution is -2.34. The zero-order chi connectivity index (χ0) is 13.3. The van der Waals surface area contributed by atoms with Crippen LogP contribution in [0.15, 0.2) is 36.5 Å². The number of benzene rings is 1. The topological polar surface area (TPSA) is 49.6 Å². The summed E-state index contributed by atoms with van der Waals surface area (Å²) in [7, 11) is 0. The molecule has 3 rings (SSSR count). The monoisotopic (exact) mass is 249 g/mol. The molecule has 0 unspecified atom stereocenters. The summed E-state index contributed by atoms with van der Waals surface area (Å²) in [5, 5.41) is 9.36. The molecule has 3 nitrogen and oxygen atoms in total. The molecule has 0 spiro atoms. The molecule has 2 aromatic rings. The van der Waals surface area contributed by atoms with Crippen molar-refractivity contribution < 1.29 is 0 Å². The molecule has 1 fully saturated rings. The molecule has 19 heavy (non-hydrogen) atoms. The van der Waals surface area contributed by atoms with E-state index in [-0.39, 0.29) is 0 Å². The van der Waals surface area contributed by atoms with E-state index in [0.29, 0.717) is 5.82 Å². The summed E-state index contributed by atoms with van der Waals surface area (Å²) < 4.78 is 0. The lowest BCUT2D eigenvalue weighted by molar-refractivity contribution is 0.307. The summed E-state index contributed by atoms with van der Waals surface area (Å²) in [6.07, 6.45) is 4.60. The van der Waals surface area contributed by atoms with Crippen molar-refractivity contribution in [1.29, 1.82) is 5.26 Å². The van der Waals surface area contributed by atoms with Gasteiger partial charge in [-0.25, -0.2) is 9.97 Å². The summed E-state index contributed by atoms with van der Waals surface area (Å²) in [6.45, 7) is 2.06. The van der Waals surface area contributed by atoms with Gasteiger partial charge < -0.3 is 0 Å². The molecular weight excluding hydrogens is 234 g/mol. The van der Waals surface area contributed by atoms with Crippen molar-refractivity contribution in [2.75, 3.05) is 0 Å². The number of nitrogens with zero attached hydrogens (tertiary/aromatic N) is 3. The molecule has 0 radical (unpaired) electrons. The molecule has 3 heteroatoms. The predicted octanol–water partition coefficient (Wildman–Crippen LogP) is 3.40. The average Bonchev–Trinajstić information content (AvgIpc) is 2.39. The largest absolute Gasteiger partial charge is 0.240 e. The summed E-state index contributed by atoms with van der Waals surface area (Å²) in [6, 6.07) is 12.5. The highest BCUT2D eigenvalue weighted by molar-refractivity contribution is 5.59. The molecular formula is C16H15N3. The fraction of sp³-hybridized carbons (Fsp3) is 0.312. The maximum absolute atomic E-state index is 9.36. The first-order valence-corrected chi connectivity index (χ1v) is 6.55. The smallest absolute Gasteiger partial charge is 0.149 e. The second-order valence-electron chi connectivity index (χ2n) is 5.18. The van der Waals surface area contributed by atoms with Gasteiger partial charge in [0.05, 0.1) is 11.8 Å². The van der Waals surface area contributed by atoms with Gasteiger partial charge in [0, 0.05) is 11.8 Å². The fourth-order valence-corrected chi connectivity index (χ4v) is 2.39. The van der Waals surface area contributed by atoms with E-state index in [0.717, 1.165) is 30.5 Å². The van der Waals surface area contributed by atoms with Crippen molar-refractivity contribution in [2.45, 2.75) is 31.6 Å². The minimum Gasteiger partial charge on any atom is -0.240 e. The zero-order valence-corrected chi connectivity index (χ0v) is 10.9. The normalized spacial score (nSPS) is 16.4. The summed E-state index contributed by atoms with van der Waals surface area (Å²) in [5.41, 5.74) is 2.75. The van der Waals surface area contributed by atoms with Gasteiger partial charge in [-0.1, -0.05) is 29.8 Å². The van der Waals surface area contributed by atoms with Crippen LogP contribution in [0.1, 0.15) is 30.7 Å². The minimum absolute atomic E-state index is 0.444. The maximum atomic E-state index is 9.36. The molecule has 0 atom stereocenters. The fourth-order valence-electron chi connectivity index (χ4n) is 2.39. The van der Waals surface area contributed by atoms with Crippen LogP contribution >= 0.6 is 0 Å². The Hall–Kier alpha value is -2.21. The highest BCUT2D eigenvalue weighted by atomic mass is 14.9. The number of aryl methyl sites for hydroxylation is 1. The highest BCUT2D eigenvalue weighted by Crippen LogP contribution is 2.41. The lowest BCUT2D eigenvalue weighted by atomic mass is 9.69. The van der Waals surface area contributed by atoms with Crippen LogP contribution in [0.5, 0.6) is 0 Å². The van der Waals surface area contributed by atoms with E-state index < -0.39 is 5.41 Å². The number of hydrogen-bond donors (Lipinski definition) is 0. The van der Waals surface area contributed by atoms with Crippen LogP contribution in [0.25, 0.3) is 11.3 Å². The van der Waals surface area contributed by atoms with E-state index in [1.807, 2.05) is 6.07 Å². The molecule has 1 aliphatic rings. The third-order valence-electron chi connectivity index (χ3n) is 3.85. The Morgan fingerprint density at radius 1 is 1.16 bits per heavy atom. The standard InChI is InChI=1S/C16H15N3/c1-12-3-5-13(6-4-12)14-7-10-18-15(19-14)16(11-17)8-2-9-16/h3-7,10H,2,8-9H2,1H3. The summed E-state index contributed by atoms with van der Waals surface area (Å²) in [4.78, 5) is 8.92. The van der Waals surface area contributed by atoms with Crippen LogP contribution in [-0.2, 0) is 5.41 Å². The zero-order valence-electron chi connectivity index (χ0n) is 10.9. The first-order valence-electron chi connectivity index (χ1n) is 6.55. The average molecular weight is 249 g/mol. The molecule has 1 aliphatic carbocycles. The molecule has 1 saturated carbocycles. The molecule has 0 aliphatic heterocycles. The van der Waals surface area contributed by atoms with Crippen LogP contribution in [-0.4, -0.2) is 9.97 Å². The van der Waals surface area contributed by atoms with E-state index in [1.54, 1.807) is 6.20 Å². The van der Waals surface area contributed by atoms with Gasteiger partial charge in [0.25, 0.3) is 0 Å². The van der Waals surface area contributed by atoms with E-state index in [1.165, 1.54) is 5.56 Å². The van der Waals surface area contributed by atoms with Gasteiger partial charge in [0.1, 0.15) is 11.2 Å². The van der Waals surface area contributed by atoms with E-state index >= 15 is 0 Å². The van der Waals surface area contributed by atoms with Crippen molar-refractivity contribution in [3.05, 3.63) is 47.9 Å². The Balaban J connectivity index is 2.01. The van der Waals surface area contributed by atoms with Gasteiger partial charge in [-0.3, -0.25) is 0 Å². The number of rotatable bonds is 2. The van der Waals surface area contributed by atoms with Crippen LogP contribution in [0.4, 0.5) is 0 Å². The van der Waals surface area contributed by atoms with E-state index in [4.69, 9.17) is 0 Å². The van der Waals surface area contributed by atoms with Crippen molar-refractivity contribution in [3.63, 3.8) is 0 Å². The summed E-state index contributed by atoms with van der Waals surface area (Å²) >= 11 is 0. The molecule has 0 N–H and O–H groups in total. The number of aromatic nitrogens is 2. The second kappa shape index (κ2) is 4.47. The van der Waals surface area contributed by atoms with Crippen LogP contribution < -0.4 is 0 Å². The Bertz CT molecular complexity index is 634.